The summed E-state index contributed by atoms with van der Waals surface area (Å²) in [6.45, 7) is 0. The molecule has 0 saturated heterocycles. The standard InChI is InChI=1S/C16H14N2O2/c17-13-5-1-4-12-11(13)3-2-6-14(12)18-15-9-10(19)7-8-16(15)20/h1-9,18-20H,17H2. The molecule has 3 aromatic carbocycles. The van der Waals surface area contributed by atoms with Crippen LogP contribution >= 0.6 is 0 Å². The summed E-state index contributed by atoms with van der Waals surface area (Å²) in [7, 11) is 0. The number of nitrogen functional groups attached to an aromatic ring is 1. The van der Waals surface area contributed by atoms with Crippen molar-refractivity contribution in [2.24, 2.45) is 0 Å². The van der Waals surface area contributed by atoms with Gasteiger partial charge in [-0.2, -0.15) is 0 Å². The van der Waals surface area contributed by atoms with Gasteiger partial charge in [0.2, 0.25) is 0 Å². The smallest absolute Gasteiger partial charge is 0.139 e. The van der Waals surface area contributed by atoms with Crippen LogP contribution in [-0.4, -0.2) is 10.2 Å². The Labute approximate surface area is 116 Å². The minimum Gasteiger partial charge on any atom is -0.508 e. The summed E-state index contributed by atoms with van der Waals surface area (Å²) >= 11 is 0. The van der Waals surface area contributed by atoms with Gasteiger partial charge in [-0.3, -0.25) is 0 Å². The topological polar surface area (TPSA) is 78.5 Å². The number of hydrogen-bond donors (Lipinski definition) is 4. The van der Waals surface area contributed by atoms with Crippen molar-refractivity contribution in [2.45, 2.75) is 0 Å². The molecule has 0 atom stereocenters. The number of benzene rings is 3. The third-order valence-electron chi connectivity index (χ3n) is 3.21. The van der Waals surface area contributed by atoms with Crippen LogP contribution in [0.5, 0.6) is 11.5 Å². The molecule has 0 fully saturated rings. The number of fused-ring (bicyclic) bond motifs is 1. The molecule has 0 radical (unpaired) electrons. The van der Waals surface area contributed by atoms with Crippen molar-refractivity contribution >= 4 is 27.8 Å². The highest BCUT2D eigenvalue weighted by molar-refractivity contribution is 6.01. The third-order valence-corrected chi connectivity index (χ3v) is 3.21. The second kappa shape index (κ2) is 4.66. The van der Waals surface area contributed by atoms with Gasteiger partial charge in [0.1, 0.15) is 11.5 Å². The Morgan fingerprint density at radius 1 is 0.800 bits per heavy atom. The molecule has 100 valence electrons. The number of hydrogen-bond acceptors (Lipinski definition) is 4. The molecule has 5 N–H and O–H groups in total. The molecule has 0 unspecified atom stereocenters. The lowest BCUT2D eigenvalue weighted by atomic mass is 10.1. The van der Waals surface area contributed by atoms with Crippen LogP contribution in [0.25, 0.3) is 10.8 Å². The summed E-state index contributed by atoms with van der Waals surface area (Å²) in [4.78, 5) is 0. The predicted octanol–water partition coefficient (Wildman–Crippen LogP) is 3.58. The van der Waals surface area contributed by atoms with E-state index in [1.807, 2.05) is 36.4 Å². The molecule has 0 saturated carbocycles. The minimum absolute atomic E-state index is 0.0729. The van der Waals surface area contributed by atoms with E-state index in [2.05, 4.69) is 5.32 Å². The van der Waals surface area contributed by atoms with Gasteiger partial charge in [-0.05, 0) is 24.3 Å². The minimum atomic E-state index is 0.0729. The molecular formula is C16H14N2O2. The molecule has 0 aliphatic heterocycles. The molecule has 0 amide bonds. The summed E-state index contributed by atoms with van der Waals surface area (Å²) in [5.74, 6) is 0.161. The van der Waals surface area contributed by atoms with E-state index < -0.39 is 0 Å². The van der Waals surface area contributed by atoms with Gasteiger partial charge in [0, 0.05) is 28.2 Å². The van der Waals surface area contributed by atoms with E-state index in [1.165, 1.54) is 18.2 Å². The lowest BCUT2D eigenvalue weighted by Gasteiger charge is -2.12. The van der Waals surface area contributed by atoms with Gasteiger partial charge in [0.05, 0.1) is 5.69 Å². The predicted molar refractivity (Wildman–Crippen MR) is 81.4 cm³/mol. The Morgan fingerprint density at radius 3 is 2.40 bits per heavy atom. The van der Waals surface area contributed by atoms with E-state index in [4.69, 9.17) is 5.73 Å². The molecule has 3 aromatic rings. The first-order valence-corrected chi connectivity index (χ1v) is 6.21. The molecule has 0 aromatic heterocycles. The maximum absolute atomic E-state index is 9.82. The summed E-state index contributed by atoms with van der Waals surface area (Å²) in [5, 5.41) is 24.3. The second-order valence-electron chi connectivity index (χ2n) is 4.57. The highest BCUT2D eigenvalue weighted by atomic mass is 16.3. The number of aromatic hydroxyl groups is 2. The number of phenolic OH excluding ortho intramolecular Hbond substituents is 2. The Kier molecular flexibility index (Phi) is 2.84. The summed E-state index contributed by atoms with van der Waals surface area (Å²) in [6.07, 6.45) is 0. The van der Waals surface area contributed by atoms with E-state index in [0.29, 0.717) is 11.4 Å². The molecule has 0 bridgehead atoms. The first-order chi connectivity index (χ1) is 9.65. The van der Waals surface area contributed by atoms with Crippen LogP contribution in [-0.2, 0) is 0 Å². The molecule has 0 spiro atoms. The van der Waals surface area contributed by atoms with Crippen molar-refractivity contribution in [3.05, 3.63) is 54.6 Å². The van der Waals surface area contributed by atoms with Crippen LogP contribution in [0, 0.1) is 0 Å². The maximum atomic E-state index is 9.82. The van der Waals surface area contributed by atoms with Crippen LogP contribution in [0.4, 0.5) is 17.1 Å². The SMILES string of the molecule is Nc1cccc2c(Nc3cc(O)ccc3O)cccc12. The Hall–Kier alpha value is -2.88. The zero-order valence-electron chi connectivity index (χ0n) is 10.7. The van der Waals surface area contributed by atoms with Crippen LogP contribution < -0.4 is 11.1 Å². The van der Waals surface area contributed by atoms with Crippen LogP contribution in [0.3, 0.4) is 0 Å². The number of nitrogens with one attached hydrogen (secondary N) is 1. The van der Waals surface area contributed by atoms with Gasteiger partial charge >= 0.3 is 0 Å². The largest absolute Gasteiger partial charge is 0.508 e. The van der Waals surface area contributed by atoms with Crippen molar-refractivity contribution in [3.63, 3.8) is 0 Å². The quantitative estimate of drug-likeness (QED) is 0.325. The van der Waals surface area contributed by atoms with E-state index in [1.54, 1.807) is 0 Å². The maximum Gasteiger partial charge on any atom is 0.139 e. The molecule has 0 aliphatic carbocycles. The van der Waals surface area contributed by atoms with Crippen LogP contribution in [0.1, 0.15) is 0 Å². The summed E-state index contributed by atoms with van der Waals surface area (Å²) < 4.78 is 0. The normalized spacial score (nSPS) is 10.6. The first-order valence-electron chi connectivity index (χ1n) is 6.21. The Balaban J connectivity index is 2.11. The van der Waals surface area contributed by atoms with Crippen LogP contribution in [0.2, 0.25) is 0 Å². The van der Waals surface area contributed by atoms with Crippen molar-refractivity contribution < 1.29 is 10.2 Å². The monoisotopic (exact) mass is 266 g/mol. The van der Waals surface area contributed by atoms with Crippen molar-refractivity contribution in [1.29, 1.82) is 0 Å². The highest BCUT2D eigenvalue weighted by Gasteiger charge is 2.06. The molecule has 3 rings (SSSR count). The van der Waals surface area contributed by atoms with E-state index in [9.17, 15) is 10.2 Å². The second-order valence-corrected chi connectivity index (χ2v) is 4.57. The average molecular weight is 266 g/mol. The molecule has 4 heteroatoms. The number of rotatable bonds is 2. The van der Waals surface area contributed by atoms with Gasteiger partial charge < -0.3 is 21.3 Å². The Morgan fingerprint density at radius 2 is 1.55 bits per heavy atom. The number of anilines is 3. The molecular weight excluding hydrogens is 252 g/mol. The fourth-order valence-electron chi connectivity index (χ4n) is 2.21. The summed E-state index contributed by atoms with van der Waals surface area (Å²) in [6, 6.07) is 15.8. The zero-order valence-corrected chi connectivity index (χ0v) is 10.7. The number of phenols is 2. The van der Waals surface area contributed by atoms with Crippen molar-refractivity contribution in [2.75, 3.05) is 11.1 Å². The zero-order chi connectivity index (χ0) is 14.1. The van der Waals surface area contributed by atoms with Gasteiger partial charge in [0.15, 0.2) is 0 Å². The van der Waals surface area contributed by atoms with E-state index in [-0.39, 0.29) is 11.5 Å². The Bertz CT molecular complexity index is 785. The highest BCUT2D eigenvalue weighted by Crippen LogP contribution is 2.34. The molecule has 20 heavy (non-hydrogen) atoms. The van der Waals surface area contributed by atoms with Gasteiger partial charge in [-0.15, -0.1) is 0 Å². The molecule has 0 aliphatic rings. The van der Waals surface area contributed by atoms with Gasteiger partial charge in [0.25, 0.3) is 0 Å². The third kappa shape index (κ3) is 2.07. The first kappa shape index (κ1) is 12.2. The van der Waals surface area contributed by atoms with Crippen molar-refractivity contribution in [1.82, 2.24) is 0 Å². The number of nitrogens with two attached hydrogens (primary N) is 1. The van der Waals surface area contributed by atoms with Crippen molar-refractivity contribution in [3.8, 4) is 11.5 Å². The fourth-order valence-corrected chi connectivity index (χ4v) is 2.21. The lowest BCUT2D eigenvalue weighted by molar-refractivity contribution is 0.462. The van der Waals surface area contributed by atoms with Gasteiger partial charge in [-0.1, -0.05) is 24.3 Å². The van der Waals surface area contributed by atoms with E-state index >= 15 is 0 Å². The fraction of sp³-hybridized carbons (Fsp3) is 0. The summed E-state index contributed by atoms with van der Waals surface area (Å²) in [5.41, 5.74) is 7.92. The van der Waals surface area contributed by atoms with Gasteiger partial charge in [-0.25, -0.2) is 0 Å². The van der Waals surface area contributed by atoms with E-state index in [0.717, 1.165) is 16.5 Å². The molecule has 4 nitrogen and oxygen atoms in total. The van der Waals surface area contributed by atoms with Crippen LogP contribution in [0.15, 0.2) is 54.6 Å². The average Bonchev–Trinajstić information content (AvgIpc) is 2.44. The molecule has 0 heterocycles. The lowest BCUT2D eigenvalue weighted by Crippen LogP contribution is -1.93.